The molecule has 0 aliphatic rings. The number of carbonyl (C=O) groups excluding carboxylic acids is 1. The van der Waals surface area contributed by atoms with Crippen LogP contribution >= 0.6 is 11.3 Å². The fraction of sp³-hybridized carbons (Fsp3) is 0.643. The van der Waals surface area contributed by atoms with E-state index in [1.807, 2.05) is 20.8 Å². The first kappa shape index (κ1) is 17.4. The number of likely N-dealkylation sites (N-methyl/N-ethyl adjacent to an activating group) is 1. The SMILES string of the molecule is CCNC(=O)CN=C(NCC)NCCc1nc(C)c(C)s1. The van der Waals surface area contributed by atoms with Crippen LogP contribution in [0.4, 0.5) is 0 Å². The van der Waals surface area contributed by atoms with Crippen LogP contribution in [0.25, 0.3) is 0 Å². The van der Waals surface area contributed by atoms with Gasteiger partial charge < -0.3 is 16.0 Å². The number of aryl methyl sites for hydroxylation is 2. The number of thiazole rings is 1. The lowest BCUT2D eigenvalue weighted by Gasteiger charge is -2.10. The van der Waals surface area contributed by atoms with Crippen LogP contribution < -0.4 is 16.0 Å². The molecule has 1 aromatic heterocycles. The van der Waals surface area contributed by atoms with Gasteiger partial charge in [-0.3, -0.25) is 4.79 Å². The smallest absolute Gasteiger partial charge is 0.241 e. The number of aromatic nitrogens is 1. The first-order valence-corrected chi connectivity index (χ1v) is 8.10. The van der Waals surface area contributed by atoms with E-state index in [1.165, 1.54) is 4.88 Å². The normalized spacial score (nSPS) is 11.3. The quantitative estimate of drug-likeness (QED) is 0.518. The highest BCUT2D eigenvalue weighted by atomic mass is 32.1. The number of nitrogens with one attached hydrogen (secondary N) is 3. The Morgan fingerprint density at radius 3 is 2.48 bits per heavy atom. The minimum Gasteiger partial charge on any atom is -0.357 e. The fourth-order valence-corrected chi connectivity index (χ4v) is 2.61. The Hall–Kier alpha value is -1.63. The predicted molar refractivity (Wildman–Crippen MR) is 88.0 cm³/mol. The first-order chi connectivity index (χ1) is 10.1. The molecule has 0 saturated carbocycles. The van der Waals surface area contributed by atoms with E-state index in [-0.39, 0.29) is 12.5 Å². The molecule has 0 atom stereocenters. The molecule has 0 aromatic carbocycles. The van der Waals surface area contributed by atoms with Crippen molar-refractivity contribution in [3.05, 3.63) is 15.6 Å². The van der Waals surface area contributed by atoms with Crippen molar-refractivity contribution in [3.63, 3.8) is 0 Å². The fourth-order valence-electron chi connectivity index (χ4n) is 1.68. The van der Waals surface area contributed by atoms with Crippen molar-refractivity contribution < 1.29 is 4.79 Å². The molecule has 0 radical (unpaired) electrons. The third-order valence-corrected chi connectivity index (χ3v) is 3.94. The molecule has 0 fully saturated rings. The van der Waals surface area contributed by atoms with Crippen molar-refractivity contribution in [2.75, 3.05) is 26.2 Å². The van der Waals surface area contributed by atoms with Crippen molar-refractivity contribution in [2.24, 2.45) is 4.99 Å². The summed E-state index contributed by atoms with van der Waals surface area (Å²) in [6, 6.07) is 0. The molecule has 3 N–H and O–H groups in total. The molecule has 0 aliphatic heterocycles. The van der Waals surface area contributed by atoms with Gasteiger partial charge in [0.2, 0.25) is 5.91 Å². The zero-order valence-electron chi connectivity index (χ0n) is 13.2. The summed E-state index contributed by atoms with van der Waals surface area (Å²) < 4.78 is 0. The van der Waals surface area contributed by atoms with Gasteiger partial charge in [-0.15, -0.1) is 11.3 Å². The summed E-state index contributed by atoms with van der Waals surface area (Å²) in [6.45, 7) is 10.3. The molecule has 6 nitrogen and oxygen atoms in total. The van der Waals surface area contributed by atoms with Crippen LogP contribution in [0.5, 0.6) is 0 Å². The predicted octanol–water partition coefficient (Wildman–Crippen LogP) is 0.994. The van der Waals surface area contributed by atoms with Gasteiger partial charge in [0.1, 0.15) is 6.54 Å². The lowest BCUT2D eigenvalue weighted by atomic mass is 10.4. The molecule has 1 aromatic rings. The molecule has 7 heteroatoms. The third kappa shape index (κ3) is 6.57. The van der Waals surface area contributed by atoms with Crippen molar-refractivity contribution in [1.82, 2.24) is 20.9 Å². The maximum absolute atomic E-state index is 11.4. The zero-order chi connectivity index (χ0) is 15.7. The molecule has 1 amide bonds. The van der Waals surface area contributed by atoms with E-state index < -0.39 is 0 Å². The molecule has 1 rings (SSSR count). The molecule has 0 aliphatic carbocycles. The van der Waals surface area contributed by atoms with E-state index in [9.17, 15) is 4.79 Å². The first-order valence-electron chi connectivity index (χ1n) is 7.28. The van der Waals surface area contributed by atoms with Gasteiger partial charge in [-0.1, -0.05) is 0 Å². The monoisotopic (exact) mass is 311 g/mol. The summed E-state index contributed by atoms with van der Waals surface area (Å²) in [7, 11) is 0. The van der Waals surface area contributed by atoms with Gasteiger partial charge in [0.25, 0.3) is 0 Å². The number of aliphatic imine (C=N–C) groups is 1. The van der Waals surface area contributed by atoms with Crippen LogP contribution in [-0.4, -0.2) is 43.0 Å². The van der Waals surface area contributed by atoms with Gasteiger partial charge in [0, 0.05) is 30.9 Å². The van der Waals surface area contributed by atoms with Gasteiger partial charge in [-0.05, 0) is 27.7 Å². The van der Waals surface area contributed by atoms with E-state index in [4.69, 9.17) is 0 Å². The van der Waals surface area contributed by atoms with Crippen LogP contribution in [0.1, 0.15) is 29.4 Å². The summed E-state index contributed by atoms with van der Waals surface area (Å²) in [4.78, 5) is 21.4. The zero-order valence-corrected chi connectivity index (χ0v) is 14.1. The Morgan fingerprint density at radius 1 is 1.19 bits per heavy atom. The van der Waals surface area contributed by atoms with Gasteiger partial charge in [0.15, 0.2) is 5.96 Å². The molecular weight excluding hydrogens is 286 g/mol. The molecule has 0 spiro atoms. The highest BCUT2D eigenvalue weighted by Gasteiger charge is 2.04. The summed E-state index contributed by atoms with van der Waals surface area (Å²) in [6.07, 6.45) is 0.852. The summed E-state index contributed by atoms with van der Waals surface area (Å²) in [5, 5.41) is 10.2. The molecule has 118 valence electrons. The van der Waals surface area contributed by atoms with Crippen molar-refractivity contribution >= 4 is 23.2 Å². The average Bonchev–Trinajstić information content (AvgIpc) is 2.75. The molecule has 0 saturated heterocycles. The average molecular weight is 311 g/mol. The van der Waals surface area contributed by atoms with Crippen LogP contribution in [0.3, 0.4) is 0 Å². The van der Waals surface area contributed by atoms with E-state index in [0.29, 0.717) is 12.5 Å². The minimum absolute atomic E-state index is 0.0686. The Labute approximate surface area is 130 Å². The van der Waals surface area contributed by atoms with E-state index in [0.717, 1.165) is 30.2 Å². The Balaban J connectivity index is 2.43. The van der Waals surface area contributed by atoms with Crippen LogP contribution in [-0.2, 0) is 11.2 Å². The Bertz CT molecular complexity index is 464. The molecule has 1 heterocycles. The number of hydrogen-bond acceptors (Lipinski definition) is 4. The number of nitrogens with zero attached hydrogens (tertiary/aromatic N) is 2. The largest absolute Gasteiger partial charge is 0.357 e. The second kappa shape index (κ2) is 9.33. The molecule has 0 bridgehead atoms. The molecule has 0 unspecified atom stereocenters. The topological polar surface area (TPSA) is 78.4 Å². The number of rotatable bonds is 7. The minimum atomic E-state index is -0.0686. The maximum atomic E-state index is 11.4. The van der Waals surface area contributed by atoms with Crippen molar-refractivity contribution in [1.29, 1.82) is 0 Å². The van der Waals surface area contributed by atoms with E-state index >= 15 is 0 Å². The van der Waals surface area contributed by atoms with Gasteiger partial charge in [-0.2, -0.15) is 0 Å². The van der Waals surface area contributed by atoms with Crippen molar-refractivity contribution in [2.45, 2.75) is 34.1 Å². The van der Waals surface area contributed by atoms with E-state index in [1.54, 1.807) is 11.3 Å². The number of hydrogen-bond donors (Lipinski definition) is 3. The number of amides is 1. The third-order valence-electron chi connectivity index (χ3n) is 2.80. The summed E-state index contributed by atoms with van der Waals surface area (Å²) in [5.74, 6) is 0.592. The lowest BCUT2D eigenvalue weighted by molar-refractivity contribution is -0.119. The van der Waals surface area contributed by atoms with Gasteiger partial charge in [-0.25, -0.2) is 9.98 Å². The highest BCUT2D eigenvalue weighted by Crippen LogP contribution is 2.16. The summed E-state index contributed by atoms with van der Waals surface area (Å²) >= 11 is 1.73. The Morgan fingerprint density at radius 2 is 1.90 bits per heavy atom. The highest BCUT2D eigenvalue weighted by molar-refractivity contribution is 7.11. The molecule has 21 heavy (non-hydrogen) atoms. The Kier molecular flexibility index (Phi) is 7.74. The second-order valence-corrected chi connectivity index (χ2v) is 5.86. The standard InChI is InChI=1S/C14H25N5OS/c1-5-15-12(20)9-18-14(16-6-2)17-8-7-13-19-10(3)11(4)21-13/h5-9H2,1-4H3,(H,15,20)(H2,16,17,18). The second-order valence-electron chi connectivity index (χ2n) is 4.57. The van der Waals surface area contributed by atoms with E-state index in [2.05, 4.69) is 32.9 Å². The van der Waals surface area contributed by atoms with Crippen LogP contribution in [0.2, 0.25) is 0 Å². The van der Waals surface area contributed by atoms with Crippen molar-refractivity contribution in [3.8, 4) is 0 Å². The van der Waals surface area contributed by atoms with Crippen LogP contribution in [0.15, 0.2) is 4.99 Å². The number of guanidine groups is 1. The summed E-state index contributed by atoms with van der Waals surface area (Å²) in [5.41, 5.74) is 1.10. The van der Waals surface area contributed by atoms with Gasteiger partial charge in [0.05, 0.1) is 10.7 Å². The lowest BCUT2D eigenvalue weighted by Crippen LogP contribution is -2.39. The van der Waals surface area contributed by atoms with Gasteiger partial charge >= 0.3 is 0 Å². The molecular formula is C14H25N5OS. The number of carbonyl (C=O) groups is 1. The van der Waals surface area contributed by atoms with Crippen LogP contribution in [0, 0.1) is 13.8 Å². The maximum Gasteiger partial charge on any atom is 0.241 e.